The highest BCUT2D eigenvalue weighted by Gasteiger charge is 2.16. The van der Waals surface area contributed by atoms with Gasteiger partial charge in [0.2, 0.25) is 0 Å². The van der Waals surface area contributed by atoms with Gasteiger partial charge in [-0.15, -0.1) is 0 Å². The Morgan fingerprint density at radius 3 is 1.44 bits per heavy atom. The Kier molecular flexibility index (Phi) is 20.9. The summed E-state index contributed by atoms with van der Waals surface area (Å²) in [5.74, 6) is 0. The summed E-state index contributed by atoms with van der Waals surface area (Å²) in [4.78, 5) is 0. The summed E-state index contributed by atoms with van der Waals surface area (Å²) < 4.78 is 17.5. The molecule has 25 heavy (non-hydrogen) atoms. The minimum atomic E-state index is -0.195. The molecule has 0 aromatic carbocycles. The van der Waals surface area contributed by atoms with Gasteiger partial charge < -0.3 is 14.2 Å². The van der Waals surface area contributed by atoms with E-state index in [2.05, 4.69) is 56.2 Å². The van der Waals surface area contributed by atoms with Gasteiger partial charge in [0.05, 0.1) is 0 Å². The van der Waals surface area contributed by atoms with Crippen LogP contribution in [0.3, 0.4) is 0 Å². The molecule has 2 atom stereocenters. The lowest BCUT2D eigenvalue weighted by Crippen LogP contribution is -2.27. The predicted octanol–water partition coefficient (Wildman–Crippen LogP) is 6.75. The molecule has 0 N–H and O–H groups in total. The summed E-state index contributed by atoms with van der Waals surface area (Å²) >= 11 is 6.89. The van der Waals surface area contributed by atoms with Crippen LogP contribution in [-0.4, -0.2) is 36.5 Å². The number of halogens is 2. The topological polar surface area (TPSA) is 27.7 Å². The third kappa shape index (κ3) is 17.5. The molecule has 5 heteroatoms. The second kappa shape index (κ2) is 20.6. The van der Waals surface area contributed by atoms with Gasteiger partial charge >= 0.3 is 0 Å². The highest BCUT2D eigenvalue weighted by molar-refractivity contribution is 9.09. The van der Waals surface area contributed by atoms with E-state index >= 15 is 0 Å². The first-order valence-electron chi connectivity index (χ1n) is 9.59. The molecule has 0 heterocycles. The van der Waals surface area contributed by atoms with E-state index in [4.69, 9.17) is 14.2 Å². The molecule has 0 rings (SSSR count). The Morgan fingerprint density at radius 1 is 0.680 bits per heavy atom. The highest BCUT2D eigenvalue weighted by Crippen LogP contribution is 2.14. The molecule has 0 spiro atoms. The van der Waals surface area contributed by atoms with Crippen molar-refractivity contribution in [3.8, 4) is 0 Å². The second-order valence-electron chi connectivity index (χ2n) is 5.67. The van der Waals surface area contributed by atoms with Crippen LogP contribution in [0.2, 0.25) is 0 Å². The summed E-state index contributed by atoms with van der Waals surface area (Å²) in [6, 6.07) is 0. The van der Waals surface area contributed by atoms with Gasteiger partial charge in [-0.3, -0.25) is 0 Å². The van der Waals surface area contributed by atoms with Crippen LogP contribution in [0.1, 0.15) is 65.2 Å². The maximum atomic E-state index is 6.06. The molecule has 148 valence electrons. The van der Waals surface area contributed by atoms with Crippen molar-refractivity contribution in [3.63, 3.8) is 0 Å². The maximum Gasteiger partial charge on any atom is 0.161 e. The van der Waals surface area contributed by atoms with Crippen LogP contribution in [0.5, 0.6) is 0 Å². The Bertz CT molecular complexity index is 292. The average Bonchev–Trinajstić information content (AvgIpc) is 2.61. The lowest BCUT2D eigenvalue weighted by Gasteiger charge is -2.24. The quantitative estimate of drug-likeness (QED) is 0.0933. The van der Waals surface area contributed by atoms with E-state index in [0.717, 1.165) is 49.2 Å². The molecular formula is C20H36Br2O3. The molecule has 0 aliphatic carbocycles. The van der Waals surface area contributed by atoms with Gasteiger partial charge in [-0.05, 0) is 52.4 Å². The van der Waals surface area contributed by atoms with Crippen LogP contribution in [0.25, 0.3) is 0 Å². The molecule has 0 radical (unpaired) electrons. The van der Waals surface area contributed by atoms with Gasteiger partial charge in [0.15, 0.2) is 12.6 Å². The minimum absolute atomic E-state index is 0.195. The van der Waals surface area contributed by atoms with Gasteiger partial charge in [-0.2, -0.15) is 0 Å². The molecule has 0 saturated heterocycles. The van der Waals surface area contributed by atoms with Crippen LogP contribution < -0.4 is 0 Å². The highest BCUT2D eigenvalue weighted by atomic mass is 79.9. The average molecular weight is 484 g/mol. The monoisotopic (exact) mass is 482 g/mol. The van der Waals surface area contributed by atoms with Crippen molar-refractivity contribution in [3.05, 3.63) is 24.3 Å². The van der Waals surface area contributed by atoms with Crippen LogP contribution >= 0.6 is 31.9 Å². The SMILES string of the molecule is CCOC(CCC=CCCCBr)OC(CCC=CCCCBr)OCC. The molecule has 0 fully saturated rings. The van der Waals surface area contributed by atoms with E-state index in [1.807, 2.05) is 13.8 Å². The molecule has 3 nitrogen and oxygen atoms in total. The zero-order valence-corrected chi connectivity index (χ0v) is 19.1. The number of hydrogen-bond acceptors (Lipinski definition) is 3. The van der Waals surface area contributed by atoms with E-state index in [-0.39, 0.29) is 12.6 Å². The van der Waals surface area contributed by atoms with Crippen molar-refractivity contribution in [2.45, 2.75) is 77.8 Å². The lowest BCUT2D eigenvalue weighted by atomic mass is 10.2. The van der Waals surface area contributed by atoms with Crippen molar-refractivity contribution < 1.29 is 14.2 Å². The van der Waals surface area contributed by atoms with Gasteiger partial charge in [-0.25, -0.2) is 0 Å². The predicted molar refractivity (Wildman–Crippen MR) is 115 cm³/mol. The molecule has 2 unspecified atom stereocenters. The van der Waals surface area contributed by atoms with Crippen molar-refractivity contribution in [2.75, 3.05) is 23.9 Å². The number of allylic oxidation sites excluding steroid dienone is 4. The summed E-state index contributed by atoms with van der Waals surface area (Å²) in [6.07, 6.45) is 16.8. The first-order valence-corrected chi connectivity index (χ1v) is 11.8. The molecule has 0 aromatic rings. The van der Waals surface area contributed by atoms with E-state index < -0.39 is 0 Å². The fourth-order valence-electron chi connectivity index (χ4n) is 2.25. The maximum absolute atomic E-state index is 6.06. The van der Waals surface area contributed by atoms with E-state index in [0.29, 0.717) is 13.2 Å². The van der Waals surface area contributed by atoms with E-state index in [1.165, 1.54) is 12.8 Å². The van der Waals surface area contributed by atoms with Crippen molar-refractivity contribution in [2.24, 2.45) is 0 Å². The van der Waals surface area contributed by atoms with Gasteiger partial charge in [0.25, 0.3) is 0 Å². The number of ether oxygens (including phenoxy) is 3. The third-order valence-corrected chi connectivity index (χ3v) is 4.61. The largest absolute Gasteiger partial charge is 0.353 e. The van der Waals surface area contributed by atoms with Crippen LogP contribution in [0.4, 0.5) is 0 Å². The Morgan fingerprint density at radius 2 is 1.08 bits per heavy atom. The molecular weight excluding hydrogens is 448 g/mol. The smallest absolute Gasteiger partial charge is 0.161 e. The van der Waals surface area contributed by atoms with E-state index in [9.17, 15) is 0 Å². The summed E-state index contributed by atoms with van der Waals surface area (Å²) in [5.41, 5.74) is 0. The Labute approximate surface area is 171 Å². The summed E-state index contributed by atoms with van der Waals surface area (Å²) in [7, 11) is 0. The Balaban J connectivity index is 4.19. The van der Waals surface area contributed by atoms with Crippen LogP contribution in [0, 0.1) is 0 Å². The lowest BCUT2D eigenvalue weighted by molar-refractivity contribution is -0.246. The van der Waals surface area contributed by atoms with Crippen molar-refractivity contribution in [1.29, 1.82) is 0 Å². The molecule has 0 aliphatic heterocycles. The summed E-state index contributed by atoms with van der Waals surface area (Å²) in [6.45, 7) is 5.32. The number of unbranched alkanes of at least 4 members (excludes halogenated alkanes) is 2. The van der Waals surface area contributed by atoms with Crippen LogP contribution in [-0.2, 0) is 14.2 Å². The zero-order chi connectivity index (χ0) is 18.6. The van der Waals surface area contributed by atoms with Crippen LogP contribution in [0.15, 0.2) is 24.3 Å². The van der Waals surface area contributed by atoms with Gasteiger partial charge in [0.1, 0.15) is 0 Å². The first-order chi connectivity index (χ1) is 12.3. The second-order valence-corrected chi connectivity index (χ2v) is 7.25. The molecule has 0 aromatic heterocycles. The number of alkyl halides is 2. The first kappa shape index (κ1) is 25.3. The number of hydrogen-bond donors (Lipinski definition) is 0. The van der Waals surface area contributed by atoms with E-state index in [1.54, 1.807) is 0 Å². The van der Waals surface area contributed by atoms with Crippen molar-refractivity contribution >= 4 is 31.9 Å². The molecule has 0 bridgehead atoms. The standard InChI is InChI=1S/C20H36Br2O3/c1-3-23-19(15-11-7-5-9-13-17-21)25-20(24-4-2)16-12-8-6-10-14-18-22/h5-8,19-20H,3-4,9-18H2,1-2H3. The third-order valence-electron chi connectivity index (χ3n) is 3.49. The fraction of sp³-hybridized carbons (Fsp3) is 0.800. The summed E-state index contributed by atoms with van der Waals surface area (Å²) in [5, 5.41) is 2.12. The van der Waals surface area contributed by atoms with Gasteiger partial charge in [-0.1, -0.05) is 56.2 Å². The Hall–Kier alpha value is 0.320. The minimum Gasteiger partial charge on any atom is -0.353 e. The normalized spacial score (nSPS) is 14.6. The van der Waals surface area contributed by atoms with Gasteiger partial charge in [0, 0.05) is 36.7 Å². The van der Waals surface area contributed by atoms with Crippen molar-refractivity contribution in [1.82, 2.24) is 0 Å². The molecule has 0 saturated carbocycles. The zero-order valence-electron chi connectivity index (χ0n) is 15.9. The molecule has 0 aliphatic rings. The number of rotatable bonds is 18. The molecule has 0 amide bonds. The fourth-order valence-corrected chi connectivity index (χ4v) is 2.90.